The predicted octanol–water partition coefficient (Wildman–Crippen LogP) is 3.56. The molecule has 0 aliphatic carbocycles. The van der Waals surface area contributed by atoms with Gasteiger partial charge in [0.05, 0.1) is 30.9 Å². The number of benzene rings is 1. The second kappa shape index (κ2) is 9.38. The second-order valence-electron chi connectivity index (χ2n) is 6.20. The van der Waals surface area contributed by atoms with Crippen LogP contribution in [0.3, 0.4) is 0 Å². The fraction of sp³-hybridized carbons (Fsp3) is 0.286. The summed E-state index contributed by atoms with van der Waals surface area (Å²) in [6.07, 6.45) is 3.37. The molecular weight excluding hydrogens is 392 g/mol. The van der Waals surface area contributed by atoms with Gasteiger partial charge < -0.3 is 14.2 Å². The minimum absolute atomic E-state index is 0.333. The number of esters is 1. The number of allylic oxidation sites excluding steroid dienone is 1. The number of thiophene rings is 1. The highest BCUT2D eigenvalue weighted by Crippen LogP contribution is 2.37. The molecule has 1 amide bonds. The average Bonchev–Trinajstić information content (AvgIpc) is 3.41. The minimum atomic E-state index is -0.565. The third-order valence-corrected chi connectivity index (χ3v) is 5.32. The van der Waals surface area contributed by atoms with E-state index in [0.29, 0.717) is 17.9 Å². The maximum absolute atomic E-state index is 12.8. The zero-order valence-corrected chi connectivity index (χ0v) is 17.3. The number of carbonyl (C=O) groups excluding carboxylic acids is 2. The van der Waals surface area contributed by atoms with Gasteiger partial charge in [0.1, 0.15) is 0 Å². The summed E-state index contributed by atoms with van der Waals surface area (Å²) < 4.78 is 15.7. The molecule has 1 aromatic carbocycles. The van der Waals surface area contributed by atoms with E-state index in [2.05, 4.69) is 5.10 Å². The molecule has 2 heterocycles. The number of hydrogen-bond acceptors (Lipinski definition) is 7. The van der Waals surface area contributed by atoms with E-state index in [-0.39, 0.29) is 12.6 Å². The molecule has 2 aromatic rings. The number of amides is 1. The Morgan fingerprint density at radius 1 is 1.24 bits per heavy atom. The molecule has 0 radical (unpaired) electrons. The van der Waals surface area contributed by atoms with Gasteiger partial charge in [0.25, 0.3) is 5.91 Å². The molecule has 0 saturated heterocycles. The van der Waals surface area contributed by atoms with E-state index in [1.165, 1.54) is 11.1 Å². The molecule has 29 heavy (non-hydrogen) atoms. The van der Waals surface area contributed by atoms with Crippen molar-refractivity contribution in [1.29, 1.82) is 0 Å². The van der Waals surface area contributed by atoms with Crippen molar-refractivity contribution in [2.75, 3.05) is 20.8 Å². The van der Waals surface area contributed by atoms with Gasteiger partial charge in [-0.15, -0.1) is 11.3 Å². The van der Waals surface area contributed by atoms with Crippen LogP contribution in [-0.2, 0) is 14.3 Å². The van der Waals surface area contributed by atoms with E-state index >= 15 is 0 Å². The van der Waals surface area contributed by atoms with E-state index in [4.69, 9.17) is 14.2 Å². The second-order valence-corrected chi connectivity index (χ2v) is 7.15. The number of methoxy groups -OCH3 is 2. The Labute approximate surface area is 173 Å². The molecule has 0 spiro atoms. The third-order valence-electron chi connectivity index (χ3n) is 4.40. The molecule has 8 heteroatoms. The maximum Gasteiger partial charge on any atom is 0.330 e. The van der Waals surface area contributed by atoms with Crippen LogP contribution < -0.4 is 9.47 Å². The van der Waals surface area contributed by atoms with E-state index in [0.717, 1.165) is 16.2 Å². The van der Waals surface area contributed by atoms with Crippen LogP contribution in [0, 0.1) is 0 Å². The predicted molar refractivity (Wildman–Crippen MR) is 110 cm³/mol. The molecule has 0 bridgehead atoms. The summed E-state index contributed by atoms with van der Waals surface area (Å²) >= 11 is 1.56. The minimum Gasteiger partial charge on any atom is -0.493 e. The summed E-state index contributed by atoms with van der Waals surface area (Å²) in [4.78, 5) is 25.4. The molecule has 0 N–H and O–H groups in total. The summed E-state index contributed by atoms with van der Waals surface area (Å²) in [6, 6.07) is 9.09. The topological polar surface area (TPSA) is 77.4 Å². The van der Waals surface area contributed by atoms with Crippen molar-refractivity contribution in [1.82, 2.24) is 5.01 Å². The lowest BCUT2D eigenvalue weighted by atomic mass is 10.0. The lowest BCUT2D eigenvalue weighted by Gasteiger charge is -2.22. The Balaban J connectivity index is 1.88. The van der Waals surface area contributed by atoms with Crippen molar-refractivity contribution >= 4 is 28.9 Å². The van der Waals surface area contributed by atoms with Crippen molar-refractivity contribution in [2.45, 2.75) is 19.4 Å². The van der Waals surface area contributed by atoms with Crippen LogP contribution >= 0.6 is 11.3 Å². The molecule has 0 saturated carbocycles. The number of carbonyl (C=O) groups is 2. The molecule has 1 atom stereocenters. The lowest BCUT2D eigenvalue weighted by Crippen LogP contribution is -2.31. The monoisotopic (exact) mass is 414 g/mol. The van der Waals surface area contributed by atoms with Gasteiger partial charge in [-0.05, 0) is 36.1 Å². The summed E-state index contributed by atoms with van der Waals surface area (Å²) in [5.41, 5.74) is 1.67. The Kier molecular flexibility index (Phi) is 6.66. The van der Waals surface area contributed by atoms with Gasteiger partial charge >= 0.3 is 5.97 Å². The van der Waals surface area contributed by atoms with E-state index < -0.39 is 11.9 Å². The number of rotatable bonds is 7. The number of nitrogens with zero attached hydrogens (tertiary/aromatic N) is 2. The fourth-order valence-electron chi connectivity index (χ4n) is 3.03. The summed E-state index contributed by atoms with van der Waals surface area (Å²) in [7, 11) is 3.13. The molecule has 3 rings (SSSR count). The molecular formula is C21H22N2O5S. The van der Waals surface area contributed by atoms with Crippen molar-refractivity contribution in [3.63, 3.8) is 0 Å². The lowest BCUT2D eigenvalue weighted by molar-refractivity contribution is -0.149. The zero-order valence-electron chi connectivity index (χ0n) is 16.5. The largest absolute Gasteiger partial charge is 0.493 e. The standard InChI is InChI=1S/C21H22N2O5S/c1-4-6-21(25)28-13-20(24)23-16(12-15(22-23)19-7-5-10-29-19)14-8-9-17(26-2)18(11-14)27-3/h4-11,16H,12-13H2,1-3H3/b6-4+. The maximum atomic E-state index is 12.8. The van der Waals surface area contributed by atoms with Gasteiger partial charge in [-0.1, -0.05) is 18.2 Å². The zero-order chi connectivity index (χ0) is 20.8. The smallest absolute Gasteiger partial charge is 0.330 e. The van der Waals surface area contributed by atoms with Crippen molar-refractivity contribution in [3.05, 3.63) is 58.3 Å². The van der Waals surface area contributed by atoms with Gasteiger partial charge in [0.2, 0.25) is 0 Å². The molecule has 152 valence electrons. The van der Waals surface area contributed by atoms with Crippen LogP contribution in [0.1, 0.15) is 29.8 Å². The normalized spacial score (nSPS) is 16.0. The van der Waals surface area contributed by atoms with Gasteiger partial charge in [-0.2, -0.15) is 5.10 Å². The summed E-state index contributed by atoms with van der Waals surface area (Å²) in [5, 5.41) is 7.89. The highest BCUT2D eigenvalue weighted by atomic mass is 32.1. The first-order valence-corrected chi connectivity index (χ1v) is 9.90. The molecule has 1 unspecified atom stereocenters. The van der Waals surface area contributed by atoms with Crippen LogP contribution in [0.15, 0.2) is 53.0 Å². The first-order valence-electron chi connectivity index (χ1n) is 9.02. The van der Waals surface area contributed by atoms with Crippen LogP contribution in [0.5, 0.6) is 11.5 Å². The Bertz CT molecular complexity index is 937. The molecule has 1 aliphatic rings. The summed E-state index contributed by atoms with van der Waals surface area (Å²) in [6.45, 7) is 1.32. The summed E-state index contributed by atoms with van der Waals surface area (Å²) in [5.74, 6) is 0.215. The van der Waals surface area contributed by atoms with E-state index in [1.807, 2.05) is 29.6 Å². The Hall–Kier alpha value is -3.13. The van der Waals surface area contributed by atoms with Gasteiger partial charge in [0, 0.05) is 12.5 Å². The molecule has 7 nitrogen and oxygen atoms in total. The van der Waals surface area contributed by atoms with E-state index in [9.17, 15) is 9.59 Å². The van der Waals surface area contributed by atoms with Crippen molar-refractivity contribution in [3.8, 4) is 11.5 Å². The molecule has 0 fully saturated rings. The number of hydrazone groups is 1. The van der Waals surface area contributed by atoms with Gasteiger partial charge in [0.15, 0.2) is 18.1 Å². The molecule has 1 aliphatic heterocycles. The Morgan fingerprint density at radius 2 is 2.03 bits per heavy atom. The number of hydrogen-bond donors (Lipinski definition) is 0. The average molecular weight is 414 g/mol. The molecule has 1 aromatic heterocycles. The van der Waals surface area contributed by atoms with Crippen LogP contribution in [0.4, 0.5) is 0 Å². The van der Waals surface area contributed by atoms with Crippen LogP contribution in [0.25, 0.3) is 0 Å². The van der Waals surface area contributed by atoms with Crippen LogP contribution in [0.2, 0.25) is 0 Å². The van der Waals surface area contributed by atoms with Crippen molar-refractivity contribution < 1.29 is 23.8 Å². The third kappa shape index (κ3) is 4.65. The number of ether oxygens (including phenoxy) is 3. The highest BCUT2D eigenvalue weighted by molar-refractivity contribution is 7.12. The van der Waals surface area contributed by atoms with Gasteiger partial charge in [-0.3, -0.25) is 4.79 Å². The van der Waals surface area contributed by atoms with Crippen molar-refractivity contribution in [2.24, 2.45) is 5.10 Å². The van der Waals surface area contributed by atoms with Crippen LogP contribution in [-0.4, -0.2) is 43.4 Å². The fourth-order valence-corrected chi connectivity index (χ4v) is 3.76. The quantitative estimate of drug-likeness (QED) is 0.511. The highest BCUT2D eigenvalue weighted by Gasteiger charge is 2.34. The first kappa shape index (κ1) is 20.6. The van der Waals surface area contributed by atoms with E-state index in [1.54, 1.807) is 44.6 Å². The first-order chi connectivity index (χ1) is 14.1. The Morgan fingerprint density at radius 3 is 2.69 bits per heavy atom. The van der Waals surface area contributed by atoms with Gasteiger partial charge in [-0.25, -0.2) is 9.80 Å². The SMILES string of the molecule is C/C=C/C(=O)OCC(=O)N1N=C(c2cccs2)CC1c1ccc(OC)c(OC)c1.